The Morgan fingerprint density at radius 2 is 2.33 bits per heavy atom. The van der Waals surface area contributed by atoms with Crippen LogP contribution in [0, 0.1) is 0 Å². The molecule has 1 heterocycles. The zero-order valence-corrected chi connectivity index (χ0v) is 9.49. The molecule has 0 aromatic carbocycles. The maximum atomic E-state index is 5.19. The zero-order chi connectivity index (χ0) is 10.7. The fraction of sp³-hybridized carbons (Fsp3) is 0.818. The lowest BCUT2D eigenvalue weighted by Crippen LogP contribution is -2.19. The maximum Gasteiger partial charge on any atom is 0.227 e. The van der Waals surface area contributed by atoms with Crippen molar-refractivity contribution in [2.75, 3.05) is 6.54 Å². The zero-order valence-electron chi connectivity index (χ0n) is 9.49. The van der Waals surface area contributed by atoms with Gasteiger partial charge in [0.15, 0.2) is 5.82 Å². The second kappa shape index (κ2) is 4.75. The van der Waals surface area contributed by atoms with Crippen LogP contribution in [0.3, 0.4) is 0 Å². The second-order valence-electron chi connectivity index (χ2n) is 4.33. The van der Waals surface area contributed by atoms with Crippen LogP contribution in [-0.2, 0) is 6.42 Å². The summed E-state index contributed by atoms with van der Waals surface area (Å²) in [5, 5.41) is 7.42. The highest BCUT2D eigenvalue weighted by Crippen LogP contribution is 2.18. The lowest BCUT2D eigenvalue weighted by Gasteiger charge is -1.99. The fourth-order valence-corrected chi connectivity index (χ4v) is 1.42. The highest BCUT2D eigenvalue weighted by Gasteiger charge is 2.20. The first kappa shape index (κ1) is 10.6. The summed E-state index contributed by atoms with van der Waals surface area (Å²) in [7, 11) is 0. The van der Waals surface area contributed by atoms with Crippen LogP contribution in [-0.4, -0.2) is 22.7 Å². The molecule has 1 N–H and O–H groups in total. The van der Waals surface area contributed by atoms with Crippen LogP contribution < -0.4 is 5.32 Å². The average molecular weight is 209 g/mol. The third kappa shape index (κ3) is 3.02. The first-order valence-corrected chi connectivity index (χ1v) is 5.85. The molecule has 0 saturated heterocycles. The molecule has 84 valence electrons. The van der Waals surface area contributed by atoms with Crippen molar-refractivity contribution in [3.63, 3.8) is 0 Å². The predicted molar refractivity (Wildman–Crippen MR) is 57.7 cm³/mol. The maximum absolute atomic E-state index is 5.19. The molecular weight excluding hydrogens is 190 g/mol. The minimum absolute atomic E-state index is 0.402. The Balaban J connectivity index is 1.77. The van der Waals surface area contributed by atoms with Gasteiger partial charge in [0.05, 0.1) is 0 Å². The summed E-state index contributed by atoms with van der Waals surface area (Å²) in [5.41, 5.74) is 0. The number of aromatic nitrogens is 2. The highest BCUT2D eigenvalue weighted by atomic mass is 16.5. The van der Waals surface area contributed by atoms with Crippen molar-refractivity contribution >= 4 is 0 Å². The van der Waals surface area contributed by atoms with E-state index >= 15 is 0 Å². The van der Waals surface area contributed by atoms with E-state index in [2.05, 4.69) is 29.3 Å². The molecule has 1 unspecified atom stereocenters. The van der Waals surface area contributed by atoms with E-state index in [0.29, 0.717) is 5.92 Å². The van der Waals surface area contributed by atoms with Crippen LogP contribution in [0.15, 0.2) is 4.52 Å². The number of nitrogens with one attached hydrogen (secondary N) is 1. The van der Waals surface area contributed by atoms with E-state index in [9.17, 15) is 0 Å². The van der Waals surface area contributed by atoms with Gasteiger partial charge in [0.2, 0.25) is 5.89 Å². The first-order chi connectivity index (χ1) is 7.29. The molecule has 1 atom stereocenters. The van der Waals surface area contributed by atoms with E-state index in [4.69, 9.17) is 4.52 Å². The summed E-state index contributed by atoms with van der Waals surface area (Å²) in [4.78, 5) is 4.38. The van der Waals surface area contributed by atoms with Gasteiger partial charge >= 0.3 is 0 Å². The number of rotatable bonds is 6. The molecule has 4 heteroatoms. The molecular formula is C11H19N3O. The molecule has 0 bridgehead atoms. The van der Waals surface area contributed by atoms with Gasteiger partial charge in [0.1, 0.15) is 0 Å². The van der Waals surface area contributed by atoms with E-state index in [1.165, 1.54) is 12.8 Å². The molecule has 2 rings (SSSR count). The van der Waals surface area contributed by atoms with E-state index in [-0.39, 0.29) is 0 Å². The Morgan fingerprint density at radius 1 is 1.53 bits per heavy atom. The van der Waals surface area contributed by atoms with Gasteiger partial charge < -0.3 is 9.84 Å². The predicted octanol–water partition coefficient (Wildman–Crippen LogP) is 1.88. The quantitative estimate of drug-likeness (QED) is 0.777. The molecule has 0 amide bonds. The molecule has 0 radical (unpaired) electrons. The molecule has 1 fully saturated rings. The molecule has 1 aliphatic rings. The monoisotopic (exact) mass is 209 g/mol. The van der Waals surface area contributed by atoms with Gasteiger partial charge in [0, 0.05) is 24.9 Å². The summed E-state index contributed by atoms with van der Waals surface area (Å²) in [5.74, 6) is 2.01. The third-order valence-electron chi connectivity index (χ3n) is 2.89. The van der Waals surface area contributed by atoms with Gasteiger partial charge in [0.25, 0.3) is 0 Å². The Bertz CT molecular complexity index is 307. The number of hydrogen-bond acceptors (Lipinski definition) is 4. The van der Waals surface area contributed by atoms with Crippen molar-refractivity contribution in [3.05, 3.63) is 11.7 Å². The van der Waals surface area contributed by atoms with Crippen LogP contribution in [0.4, 0.5) is 0 Å². The van der Waals surface area contributed by atoms with Crippen LogP contribution >= 0.6 is 0 Å². The van der Waals surface area contributed by atoms with Crippen molar-refractivity contribution in [2.45, 2.75) is 51.5 Å². The third-order valence-corrected chi connectivity index (χ3v) is 2.89. The van der Waals surface area contributed by atoms with Gasteiger partial charge in [-0.25, -0.2) is 0 Å². The van der Waals surface area contributed by atoms with Crippen molar-refractivity contribution in [1.82, 2.24) is 15.5 Å². The standard InChI is InChI=1S/C11H19N3O/c1-3-8(2)11-13-10(15-14-11)6-7-12-9-4-5-9/h8-9,12H,3-7H2,1-2H3. The molecule has 15 heavy (non-hydrogen) atoms. The van der Waals surface area contributed by atoms with Gasteiger partial charge in [-0.1, -0.05) is 19.0 Å². The van der Waals surface area contributed by atoms with E-state index in [1.54, 1.807) is 0 Å². The van der Waals surface area contributed by atoms with Gasteiger partial charge in [-0.15, -0.1) is 0 Å². The Morgan fingerprint density at radius 3 is 3.00 bits per heavy atom. The lowest BCUT2D eigenvalue weighted by molar-refractivity contribution is 0.367. The summed E-state index contributed by atoms with van der Waals surface area (Å²) in [6, 6.07) is 0.752. The molecule has 0 spiro atoms. The van der Waals surface area contributed by atoms with Gasteiger partial charge in [-0.2, -0.15) is 4.98 Å². The summed E-state index contributed by atoms with van der Waals surface area (Å²) in [6.45, 7) is 5.21. The van der Waals surface area contributed by atoms with Crippen LogP contribution in [0.25, 0.3) is 0 Å². The van der Waals surface area contributed by atoms with Crippen molar-refractivity contribution in [3.8, 4) is 0 Å². The minimum Gasteiger partial charge on any atom is -0.339 e. The Labute approximate surface area is 90.4 Å². The largest absolute Gasteiger partial charge is 0.339 e. The minimum atomic E-state index is 0.402. The number of hydrogen-bond donors (Lipinski definition) is 1. The molecule has 1 aliphatic carbocycles. The Kier molecular flexibility index (Phi) is 3.36. The smallest absolute Gasteiger partial charge is 0.227 e. The SMILES string of the molecule is CCC(C)c1noc(CCNC2CC2)n1. The van der Waals surface area contributed by atoms with E-state index in [0.717, 1.165) is 37.1 Å². The van der Waals surface area contributed by atoms with E-state index in [1.807, 2.05) is 0 Å². The van der Waals surface area contributed by atoms with Gasteiger partial charge in [-0.05, 0) is 19.3 Å². The first-order valence-electron chi connectivity index (χ1n) is 5.85. The lowest BCUT2D eigenvalue weighted by atomic mass is 10.1. The van der Waals surface area contributed by atoms with Crippen LogP contribution in [0.5, 0.6) is 0 Å². The molecule has 0 aliphatic heterocycles. The van der Waals surface area contributed by atoms with Crippen molar-refractivity contribution < 1.29 is 4.52 Å². The summed E-state index contributed by atoms with van der Waals surface area (Å²) in [6.07, 6.45) is 4.54. The second-order valence-corrected chi connectivity index (χ2v) is 4.33. The van der Waals surface area contributed by atoms with Gasteiger partial charge in [-0.3, -0.25) is 0 Å². The molecule has 1 saturated carbocycles. The average Bonchev–Trinajstić information content (AvgIpc) is 2.94. The van der Waals surface area contributed by atoms with Crippen LogP contribution in [0.2, 0.25) is 0 Å². The number of nitrogens with zero attached hydrogens (tertiary/aromatic N) is 2. The fourth-order valence-electron chi connectivity index (χ4n) is 1.42. The molecule has 1 aromatic rings. The highest BCUT2D eigenvalue weighted by molar-refractivity contribution is 4.93. The molecule has 1 aromatic heterocycles. The van der Waals surface area contributed by atoms with Crippen LogP contribution in [0.1, 0.15) is 50.7 Å². The summed E-state index contributed by atoms with van der Waals surface area (Å²) < 4.78 is 5.19. The summed E-state index contributed by atoms with van der Waals surface area (Å²) >= 11 is 0. The molecule has 4 nitrogen and oxygen atoms in total. The van der Waals surface area contributed by atoms with Crippen molar-refractivity contribution in [1.29, 1.82) is 0 Å². The Hall–Kier alpha value is -0.900. The normalized spacial score (nSPS) is 18.0. The topological polar surface area (TPSA) is 51.0 Å². The van der Waals surface area contributed by atoms with E-state index < -0.39 is 0 Å². The van der Waals surface area contributed by atoms with Crippen molar-refractivity contribution in [2.24, 2.45) is 0 Å².